The molecule has 0 aliphatic carbocycles. The molecule has 1 aliphatic rings. The third kappa shape index (κ3) is 2.30. The Kier molecular flexibility index (Phi) is 3.49. The second-order valence-electron chi connectivity index (χ2n) is 5.52. The Morgan fingerprint density at radius 1 is 1.58 bits per heavy atom. The average molecular weight is 267 g/mol. The first-order valence-corrected chi connectivity index (χ1v) is 6.58. The number of hydrogen-bond donors (Lipinski definition) is 1. The van der Waals surface area contributed by atoms with Crippen molar-refractivity contribution in [3.63, 3.8) is 0 Å². The number of anilines is 1. The normalized spacial score (nSPS) is 23.1. The molecule has 19 heavy (non-hydrogen) atoms. The maximum absolute atomic E-state index is 11.3. The molecule has 0 spiro atoms. The predicted molar refractivity (Wildman–Crippen MR) is 73.3 cm³/mol. The van der Waals surface area contributed by atoms with E-state index < -0.39 is 0 Å². The van der Waals surface area contributed by atoms with Crippen LogP contribution in [0, 0.1) is 22.5 Å². The molecule has 0 saturated carbocycles. The lowest BCUT2D eigenvalue weighted by Crippen LogP contribution is -2.32. The fourth-order valence-electron chi connectivity index (χ4n) is 2.68. The summed E-state index contributed by atoms with van der Waals surface area (Å²) in [6.07, 6.45) is 0.953. The van der Waals surface area contributed by atoms with Crippen molar-refractivity contribution in [2.24, 2.45) is 11.1 Å². The molecule has 1 aromatic heterocycles. The van der Waals surface area contributed by atoms with Gasteiger partial charge in [0.05, 0.1) is 4.92 Å². The average Bonchev–Trinajstić information content (AvgIpc) is 2.90. The smallest absolute Gasteiger partial charge is 0.333 e. The van der Waals surface area contributed by atoms with E-state index in [2.05, 4.69) is 16.9 Å². The highest BCUT2D eigenvalue weighted by Crippen LogP contribution is 2.38. The highest BCUT2D eigenvalue weighted by molar-refractivity contribution is 5.62. The van der Waals surface area contributed by atoms with Crippen LogP contribution in [0.15, 0.2) is 0 Å². The van der Waals surface area contributed by atoms with Crippen LogP contribution in [0.2, 0.25) is 0 Å². The molecule has 0 bridgehead atoms. The number of rotatable bonds is 4. The van der Waals surface area contributed by atoms with Gasteiger partial charge in [-0.15, -0.1) is 0 Å². The van der Waals surface area contributed by atoms with Gasteiger partial charge in [-0.25, -0.2) is 4.68 Å². The molecule has 1 aromatic rings. The molecule has 2 rings (SSSR count). The topological polar surface area (TPSA) is 90.2 Å². The van der Waals surface area contributed by atoms with Crippen molar-refractivity contribution in [1.82, 2.24) is 9.78 Å². The van der Waals surface area contributed by atoms with E-state index in [-0.39, 0.29) is 16.0 Å². The highest BCUT2D eigenvalue weighted by atomic mass is 16.6. The Labute approximate surface area is 112 Å². The Morgan fingerprint density at radius 3 is 2.74 bits per heavy atom. The minimum Gasteiger partial charge on any atom is -0.350 e. The van der Waals surface area contributed by atoms with Gasteiger partial charge in [-0.1, -0.05) is 6.92 Å². The molecule has 0 radical (unpaired) electrons. The van der Waals surface area contributed by atoms with Crippen LogP contribution in [0.4, 0.5) is 11.5 Å². The van der Waals surface area contributed by atoms with Gasteiger partial charge < -0.3 is 10.6 Å². The lowest BCUT2D eigenvalue weighted by Gasteiger charge is -2.23. The molecule has 106 valence electrons. The van der Waals surface area contributed by atoms with E-state index in [9.17, 15) is 10.1 Å². The molecule has 2 heterocycles. The lowest BCUT2D eigenvalue weighted by atomic mass is 9.90. The van der Waals surface area contributed by atoms with Crippen molar-refractivity contribution in [2.75, 3.05) is 24.5 Å². The number of nitro groups is 1. The number of nitrogens with zero attached hydrogens (tertiary/aromatic N) is 4. The van der Waals surface area contributed by atoms with E-state index in [1.807, 2.05) is 6.92 Å². The van der Waals surface area contributed by atoms with E-state index >= 15 is 0 Å². The standard InChI is InChI=1S/C12H21N5O2/c1-4-16-11(10(17(18)19)9(2)14-16)15-6-5-12(3,7-13)8-15/h4-8,13H2,1-3H3. The van der Waals surface area contributed by atoms with Crippen LogP contribution in [-0.4, -0.2) is 34.3 Å². The van der Waals surface area contributed by atoms with Gasteiger partial charge in [0, 0.05) is 19.6 Å². The zero-order valence-electron chi connectivity index (χ0n) is 11.7. The van der Waals surface area contributed by atoms with Crippen LogP contribution < -0.4 is 10.6 Å². The third-order valence-corrected chi connectivity index (χ3v) is 3.90. The van der Waals surface area contributed by atoms with Crippen molar-refractivity contribution in [1.29, 1.82) is 0 Å². The summed E-state index contributed by atoms with van der Waals surface area (Å²) in [5, 5.41) is 15.5. The van der Waals surface area contributed by atoms with Crippen molar-refractivity contribution in [2.45, 2.75) is 33.7 Å². The minimum absolute atomic E-state index is 0.0324. The summed E-state index contributed by atoms with van der Waals surface area (Å²) in [4.78, 5) is 13.0. The summed E-state index contributed by atoms with van der Waals surface area (Å²) in [5.41, 5.74) is 6.43. The maximum Gasteiger partial charge on any atom is 0.333 e. The van der Waals surface area contributed by atoms with E-state index in [0.717, 1.165) is 19.5 Å². The third-order valence-electron chi connectivity index (χ3n) is 3.90. The van der Waals surface area contributed by atoms with Crippen LogP contribution in [0.5, 0.6) is 0 Å². The SMILES string of the molecule is CCn1nc(C)c([N+](=O)[O-])c1N1CCC(C)(CN)C1. The van der Waals surface area contributed by atoms with Crippen molar-refractivity contribution in [3.8, 4) is 0 Å². The van der Waals surface area contributed by atoms with Crippen LogP contribution >= 0.6 is 0 Å². The van der Waals surface area contributed by atoms with Gasteiger partial charge >= 0.3 is 5.69 Å². The molecule has 1 unspecified atom stereocenters. The summed E-state index contributed by atoms with van der Waals surface area (Å²) >= 11 is 0. The first-order chi connectivity index (χ1) is 8.91. The Hall–Kier alpha value is -1.63. The Morgan fingerprint density at radius 2 is 2.26 bits per heavy atom. The largest absolute Gasteiger partial charge is 0.350 e. The monoisotopic (exact) mass is 267 g/mol. The summed E-state index contributed by atoms with van der Waals surface area (Å²) in [6, 6.07) is 0. The van der Waals surface area contributed by atoms with Crippen molar-refractivity contribution in [3.05, 3.63) is 15.8 Å². The molecule has 1 saturated heterocycles. The molecule has 1 fully saturated rings. The van der Waals surface area contributed by atoms with Gasteiger partial charge in [-0.3, -0.25) is 10.1 Å². The number of hydrogen-bond acceptors (Lipinski definition) is 5. The first-order valence-electron chi connectivity index (χ1n) is 6.58. The van der Waals surface area contributed by atoms with Crippen LogP contribution in [0.1, 0.15) is 26.0 Å². The molecule has 1 aliphatic heterocycles. The van der Waals surface area contributed by atoms with Gasteiger partial charge in [0.1, 0.15) is 5.69 Å². The molecule has 0 aromatic carbocycles. The molecule has 7 heteroatoms. The highest BCUT2D eigenvalue weighted by Gasteiger charge is 2.38. The minimum atomic E-state index is -0.331. The molecule has 2 N–H and O–H groups in total. The summed E-state index contributed by atoms with van der Waals surface area (Å²) in [6.45, 7) is 8.51. The van der Waals surface area contributed by atoms with E-state index in [1.54, 1.807) is 11.6 Å². The number of aryl methyl sites for hydroxylation is 2. The fourth-order valence-corrected chi connectivity index (χ4v) is 2.68. The van der Waals surface area contributed by atoms with Crippen molar-refractivity contribution >= 4 is 11.5 Å². The summed E-state index contributed by atoms with van der Waals surface area (Å²) in [5.74, 6) is 0.627. The van der Waals surface area contributed by atoms with E-state index in [4.69, 9.17) is 5.73 Å². The van der Waals surface area contributed by atoms with Crippen LogP contribution in [0.3, 0.4) is 0 Å². The molecule has 7 nitrogen and oxygen atoms in total. The van der Waals surface area contributed by atoms with Crippen LogP contribution in [-0.2, 0) is 6.54 Å². The second-order valence-corrected chi connectivity index (χ2v) is 5.52. The summed E-state index contributed by atoms with van der Waals surface area (Å²) in [7, 11) is 0. The first kappa shape index (κ1) is 13.8. The number of nitrogens with two attached hydrogens (primary N) is 1. The Bertz CT molecular complexity index is 499. The predicted octanol–water partition coefficient (Wildman–Crippen LogP) is 1.29. The fraction of sp³-hybridized carbons (Fsp3) is 0.750. The van der Waals surface area contributed by atoms with Gasteiger partial charge in [0.2, 0.25) is 5.82 Å². The Balaban J connectivity index is 2.42. The molecular formula is C12H21N5O2. The molecule has 1 atom stereocenters. The number of aromatic nitrogens is 2. The van der Waals surface area contributed by atoms with Gasteiger partial charge in [-0.05, 0) is 32.2 Å². The van der Waals surface area contributed by atoms with E-state index in [1.165, 1.54) is 0 Å². The van der Waals surface area contributed by atoms with E-state index in [0.29, 0.717) is 24.6 Å². The zero-order chi connectivity index (χ0) is 14.2. The van der Waals surface area contributed by atoms with Crippen LogP contribution in [0.25, 0.3) is 0 Å². The quantitative estimate of drug-likeness (QED) is 0.656. The van der Waals surface area contributed by atoms with Gasteiger partial charge in [0.25, 0.3) is 0 Å². The molecular weight excluding hydrogens is 246 g/mol. The summed E-state index contributed by atoms with van der Waals surface area (Å²) < 4.78 is 1.72. The van der Waals surface area contributed by atoms with Crippen molar-refractivity contribution < 1.29 is 4.92 Å². The lowest BCUT2D eigenvalue weighted by molar-refractivity contribution is -0.384. The van der Waals surface area contributed by atoms with Gasteiger partial charge in [-0.2, -0.15) is 5.10 Å². The maximum atomic E-state index is 11.3. The van der Waals surface area contributed by atoms with Gasteiger partial charge in [0.15, 0.2) is 0 Å². The zero-order valence-corrected chi connectivity index (χ0v) is 11.7. The second kappa shape index (κ2) is 4.80. The molecule has 0 amide bonds.